The molecular weight excluding hydrogens is 210 g/mol. The molecule has 1 aliphatic rings. The van der Waals surface area contributed by atoms with Crippen LogP contribution in [0.2, 0.25) is 0 Å². The highest BCUT2D eigenvalue weighted by Crippen LogP contribution is 2.49. The van der Waals surface area contributed by atoms with E-state index < -0.39 is 17.8 Å². The molecule has 1 nitrogen and oxygen atoms in total. The zero-order valence-electron chi connectivity index (χ0n) is 10.9. The molecule has 0 spiro atoms. The van der Waals surface area contributed by atoms with Crippen LogP contribution in [0.4, 0.5) is 8.78 Å². The van der Waals surface area contributed by atoms with Crippen molar-refractivity contribution < 1.29 is 13.5 Å². The summed E-state index contributed by atoms with van der Waals surface area (Å²) in [5, 5.41) is 0. The lowest BCUT2D eigenvalue weighted by atomic mass is 9.64. The molecule has 1 aliphatic carbocycles. The molecule has 0 aromatic carbocycles. The number of halogens is 2. The van der Waals surface area contributed by atoms with Crippen LogP contribution in [0, 0.1) is 17.3 Å². The predicted molar refractivity (Wildman–Crippen MR) is 61.7 cm³/mol. The van der Waals surface area contributed by atoms with Crippen LogP contribution in [-0.4, -0.2) is 19.6 Å². The fourth-order valence-corrected chi connectivity index (χ4v) is 2.74. The summed E-state index contributed by atoms with van der Waals surface area (Å²) in [5.74, 6) is -3.69. The van der Waals surface area contributed by atoms with E-state index in [1.54, 1.807) is 27.9 Å². The molecular formula is C13H24F2O. The highest BCUT2D eigenvalue weighted by atomic mass is 19.3. The van der Waals surface area contributed by atoms with Crippen molar-refractivity contribution in [1.29, 1.82) is 0 Å². The standard InChI is InChI=1S/C13H24F2O/c1-10(2)13(14,15)11(3)8-12(9-16-4)6-5-7-12/h10-11H,5-9H2,1-4H3. The van der Waals surface area contributed by atoms with E-state index in [1.807, 2.05) is 0 Å². The van der Waals surface area contributed by atoms with Crippen molar-refractivity contribution in [2.24, 2.45) is 17.3 Å². The second-order valence-corrected chi connectivity index (χ2v) is 5.72. The molecule has 0 radical (unpaired) electrons. The predicted octanol–water partition coefficient (Wildman–Crippen LogP) is 4.12. The number of hydrogen-bond acceptors (Lipinski definition) is 1. The summed E-state index contributed by atoms with van der Waals surface area (Å²) < 4.78 is 32.8. The maximum Gasteiger partial charge on any atom is 0.252 e. The molecule has 1 saturated carbocycles. The molecule has 96 valence electrons. The molecule has 1 rings (SSSR count). The average Bonchev–Trinajstić information content (AvgIpc) is 2.14. The number of alkyl halides is 2. The van der Waals surface area contributed by atoms with E-state index in [-0.39, 0.29) is 5.41 Å². The van der Waals surface area contributed by atoms with Crippen LogP contribution in [0.3, 0.4) is 0 Å². The molecule has 1 atom stereocenters. The first kappa shape index (κ1) is 13.9. The molecule has 0 bridgehead atoms. The molecule has 0 aromatic rings. The second-order valence-electron chi connectivity index (χ2n) is 5.72. The van der Waals surface area contributed by atoms with Gasteiger partial charge in [-0.3, -0.25) is 0 Å². The fourth-order valence-electron chi connectivity index (χ4n) is 2.74. The fraction of sp³-hybridized carbons (Fsp3) is 1.00. The van der Waals surface area contributed by atoms with Crippen molar-refractivity contribution >= 4 is 0 Å². The third kappa shape index (κ3) is 2.73. The van der Waals surface area contributed by atoms with Gasteiger partial charge in [0.15, 0.2) is 0 Å². The zero-order valence-corrected chi connectivity index (χ0v) is 10.9. The van der Waals surface area contributed by atoms with Crippen molar-refractivity contribution in [2.75, 3.05) is 13.7 Å². The summed E-state index contributed by atoms with van der Waals surface area (Å²) in [6, 6.07) is 0. The molecule has 0 N–H and O–H groups in total. The van der Waals surface area contributed by atoms with Crippen LogP contribution < -0.4 is 0 Å². The normalized spacial score (nSPS) is 21.9. The van der Waals surface area contributed by atoms with Gasteiger partial charge in [0.05, 0.1) is 6.61 Å². The van der Waals surface area contributed by atoms with E-state index in [0.717, 1.165) is 19.3 Å². The van der Waals surface area contributed by atoms with E-state index in [4.69, 9.17) is 4.74 Å². The maximum absolute atomic E-state index is 13.8. The third-order valence-electron chi connectivity index (χ3n) is 4.03. The summed E-state index contributed by atoms with van der Waals surface area (Å²) >= 11 is 0. The average molecular weight is 234 g/mol. The summed E-state index contributed by atoms with van der Waals surface area (Å²) in [6.45, 7) is 5.50. The Hall–Kier alpha value is -0.180. The molecule has 1 unspecified atom stereocenters. The summed E-state index contributed by atoms with van der Waals surface area (Å²) in [7, 11) is 1.66. The number of hydrogen-bond donors (Lipinski definition) is 0. The largest absolute Gasteiger partial charge is 0.384 e. The quantitative estimate of drug-likeness (QED) is 0.671. The van der Waals surface area contributed by atoms with E-state index >= 15 is 0 Å². The van der Waals surface area contributed by atoms with Gasteiger partial charge in [0.25, 0.3) is 5.92 Å². The molecule has 0 amide bonds. The van der Waals surface area contributed by atoms with E-state index in [1.165, 1.54) is 0 Å². The molecule has 0 saturated heterocycles. The topological polar surface area (TPSA) is 9.23 Å². The van der Waals surface area contributed by atoms with Crippen LogP contribution in [0.15, 0.2) is 0 Å². The minimum Gasteiger partial charge on any atom is -0.384 e. The monoisotopic (exact) mass is 234 g/mol. The SMILES string of the molecule is COCC1(CC(C)C(F)(F)C(C)C)CCC1. The van der Waals surface area contributed by atoms with E-state index in [0.29, 0.717) is 13.0 Å². The second kappa shape index (κ2) is 4.99. The Labute approximate surface area is 97.6 Å². The smallest absolute Gasteiger partial charge is 0.252 e. The van der Waals surface area contributed by atoms with Gasteiger partial charge in [-0.1, -0.05) is 27.2 Å². The van der Waals surface area contributed by atoms with Gasteiger partial charge < -0.3 is 4.74 Å². The number of methoxy groups -OCH3 is 1. The van der Waals surface area contributed by atoms with Crippen LogP contribution in [-0.2, 0) is 4.74 Å². The Kier molecular flexibility index (Phi) is 4.33. The highest BCUT2D eigenvalue weighted by Gasteiger charge is 2.46. The first-order chi connectivity index (χ1) is 7.34. The zero-order chi connectivity index (χ0) is 12.4. The van der Waals surface area contributed by atoms with Gasteiger partial charge in [-0.2, -0.15) is 0 Å². The molecule has 0 heterocycles. The van der Waals surface area contributed by atoms with Crippen LogP contribution in [0.25, 0.3) is 0 Å². The van der Waals surface area contributed by atoms with Gasteiger partial charge in [-0.15, -0.1) is 0 Å². The Morgan fingerprint density at radius 3 is 2.12 bits per heavy atom. The van der Waals surface area contributed by atoms with E-state index in [2.05, 4.69) is 0 Å². The lowest BCUT2D eigenvalue weighted by Gasteiger charge is -2.44. The molecule has 3 heteroatoms. The van der Waals surface area contributed by atoms with Gasteiger partial charge in [-0.05, 0) is 24.7 Å². The Bertz CT molecular complexity index is 222. The minimum atomic E-state index is -2.56. The van der Waals surface area contributed by atoms with Crippen molar-refractivity contribution in [3.63, 3.8) is 0 Å². The minimum absolute atomic E-state index is 0.0342. The maximum atomic E-state index is 13.8. The summed E-state index contributed by atoms with van der Waals surface area (Å²) in [5.41, 5.74) is 0.0342. The number of ether oxygens (including phenoxy) is 1. The van der Waals surface area contributed by atoms with Gasteiger partial charge in [0, 0.05) is 18.9 Å². The highest BCUT2D eigenvalue weighted by molar-refractivity contribution is 4.92. The van der Waals surface area contributed by atoms with E-state index in [9.17, 15) is 8.78 Å². The molecule has 1 fully saturated rings. The van der Waals surface area contributed by atoms with Crippen LogP contribution >= 0.6 is 0 Å². The van der Waals surface area contributed by atoms with Crippen molar-refractivity contribution in [1.82, 2.24) is 0 Å². The van der Waals surface area contributed by atoms with Crippen LogP contribution in [0.5, 0.6) is 0 Å². The molecule has 0 aromatic heterocycles. The van der Waals surface area contributed by atoms with Gasteiger partial charge in [0.2, 0.25) is 0 Å². The first-order valence-corrected chi connectivity index (χ1v) is 6.21. The van der Waals surface area contributed by atoms with Crippen LogP contribution in [0.1, 0.15) is 46.5 Å². The number of rotatable bonds is 6. The van der Waals surface area contributed by atoms with Crippen molar-refractivity contribution in [3.8, 4) is 0 Å². The molecule has 16 heavy (non-hydrogen) atoms. The molecule has 0 aliphatic heterocycles. The van der Waals surface area contributed by atoms with Gasteiger partial charge in [0.1, 0.15) is 0 Å². The van der Waals surface area contributed by atoms with Crippen molar-refractivity contribution in [3.05, 3.63) is 0 Å². The lowest BCUT2D eigenvalue weighted by Crippen LogP contribution is -2.41. The summed E-state index contributed by atoms with van der Waals surface area (Å²) in [6.07, 6.45) is 3.83. The Morgan fingerprint density at radius 1 is 1.25 bits per heavy atom. The van der Waals surface area contributed by atoms with Crippen molar-refractivity contribution in [2.45, 2.75) is 52.4 Å². The van der Waals surface area contributed by atoms with Gasteiger partial charge in [-0.25, -0.2) is 8.78 Å². The first-order valence-electron chi connectivity index (χ1n) is 6.21. The lowest BCUT2D eigenvalue weighted by molar-refractivity contribution is -0.119. The Morgan fingerprint density at radius 2 is 1.81 bits per heavy atom. The summed E-state index contributed by atoms with van der Waals surface area (Å²) in [4.78, 5) is 0. The Balaban J connectivity index is 2.58. The third-order valence-corrected chi connectivity index (χ3v) is 4.03. The van der Waals surface area contributed by atoms with Gasteiger partial charge >= 0.3 is 0 Å².